The number of Topliss-reactive ketones (excluding diaryl/α,β-unsaturated/α-hetero) is 1. The molecule has 0 spiro atoms. The van der Waals surface area contributed by atoms with Gasteiger partial charge >= 0.3 is 0 Å². The molecule has 2 nitrogen and oxygen atoms in total. The zero-order chi connectivity index (χ0) is 8.55. The molecule has 2 aliphatic carbocycles. The van der Waals surface area contributed by atoms with E-state index in [1.165, 1.54) is 0 Å². The molecule has 0 aromatic carbocycles. The Hall–Kier alpha value is -1.05. The number of carbonyl (C=O) groups excluding carboxylic acids is 1. The van der Waals surface area contributed by atoms with Crippen LogP contribution < -0.4 is 0 Å². The largest absolute Gasteiger partial charge is 0.497 e. The molecule has 1 atom stereocenters. The summed E-state index contributed by atoms with van der Waals surface area (Å²) in [4.78, 5) is 11.3. The van der Waals surface area contributed by atoms with E-state index >= 15 is 0 Å². The molecular formula is C10H12O2. The van der Waals surface area contributed by atoms with Crippen LogP contribution in [0.3, 0.4) is 0 Å². The maximum atomic E-state index is 11.3. The van der Waals surface area contributed by atoms with Crippen molar-refractivity contribution in [3.63, 3.8) is 0 Å². The normalized spacial score (nSPS) is 27.8. The van der Waals surface area contributed by atoms with Crippen LogP contribution >= 0.6 is 0 Å². The Labute approximate surface area is 71.9 Å². The smallest absolute Gasteiger partial charge is 0.159 e. The molecule has 12 heavy (non-hydrogen) atoms. The number of hydrogen-bond acceptors (Lipinski definition) is 2. The topological polar surface area (TPSA) is 26.3 Å². The summed E-state index contributed by atoms with van der Waals surface area (Å²) in [5.41, 5.74) is 0.981. The van der Waals surface area contributed by atoms with Crippen molar-refractivity contribution in [2.75, 3.05) is 7.11 Å². The lowest BCUT2D eigenvalue weighted by Crippen LogP contribution is -2.06. The summed E-state index contributed by atoms with van der Waals surface area (Å²) >= 11 is 0. The van der Waals surface area contributed by atoms with Crippen LogP contribution in [0.5, 0.6) is 0 Å². The predicted molar refractivity (Wildman–Crippen MR) is 45.5 cm³/mol. The van der Waals surface area contributed by atoms with Gasteiger partial charge in [-0.05, 0) is 30.9 Å². The van der Waals surface area contributed by atoms with Gasteiger partial charge in [0.2, 0.25) is 0 Å². The van der Waals surface area contributed by atoms with Gasteiger partial charge in [-0.2, -0.15) is 0 Å². The molecule has 2 rings (SSSR count). The Morgan fingerprint density at radius 2 is 2.42 bits per heavy atom. The maximum absolute atomic E-state index is 11.3. The molecule has 2 heteroatoms. The first kappa shape index (κ1) is 7.59. The minimum Gasteiger partial charge on any atom is -0.497 e. The fourth-order valence-corrected chi connectivity index (χ4v) is 1.89. The Morgan fingerprint density at radius 1 is 1.58 bits per heavy atom. The van der Waals surface area contributed by atoms with E-state index in [2.05, 4.69) is 6.08 Å². The molecule has 64 valence electrons. The lowest BCUT2D eigenvalue weighted by atomic mass is 9.94. The fourth-order valence-electron chi connectivity index (χ4n) is 1.89. The third-order valence-electron chi connectivity index (χ3n) is 2.62. The highest BCUT2D eigenvalue weighted by Crippen LogP contribution is 2.35. The number of methoxy groups -OCH3 is 1. The van der Waals surface area contributed by atoms with Gasteiger partial charge in [-0.25, -0.2) is 0 Å². The first-order valence-corrected chi connectivity index (χ1v) is 4.30. The van der Waals surface area contributed by atoms with Crippen LogP contribution in [0.1, 0.15) is 19.3 Å². The lowest BCUT2D eigenvalue weighted by Gasteiger charge is -2.14. The first-order valence-electron chi connectivity index (χ1n) is 4.30. The SMILES string of the molecule is COC1=CCC2CCC(=O)C2=C1. The zero-order valence-corrected chi connectivity index (χ0v) is 7.17. The van der Waals surface area contributed by atoms with Crippen LogP contribution in [-0.2, 0) is 9.53 Å². The second-order valence-corrected chi connectivity index (χ2v) is 3.30. The molecule has 1 fully saturated rings. The number of fused-ring (bicyclic) bond motifs is 1. The summed E-state index contributed by atoms with van der Waals surface area (Å²) in [5.74, 6) is 1.63. The molecule has 0 aromatic rings. The Balaban J connectivity index is 2.27. The third kappa shape index (κ3) is 1.07. The third-order valence-corrected chi connectivity index (χ3v) is 2.62. The van der Waals surface area contributed by atoms with Gasteiger partial charge < -0.3 is 4.74 Å². The van der Waals surface area contributed by atoms with Crippen molar-refractivity contribution < 1.29 is 9.53 Å². The van der Waals surface area contributed by atoms with E-state index in [0.29, 0.717) is 11.7 Å². The van der Waals surface area contributed by atoms with Crippen molar-refractivity contribution in [1.29, 1.82) is 0 Å². The standard InChI is InChI=1S/C10H12O2/c1-12-8-4-2-7-3-5-10(11)9(7)6-8/h4,6-7H,2-3,5H2,1H3. The van der Waals surface area contributed by atoms with Crippen molar-refractivity contribution in [2.45, 2.75) is 19.3 Å². The minimum absolute atomic E-state index is 0.308. The number of ether oxygens (including phenoxy) is 1. The summed E-state index contributed by atoms with van der Waals surface area (Å²) in [7, 11) is 1.64. The summed E-state index contributed by atoms with van der Waals surface area (Å²) < 4.78 is 5.08. The Kier molecular flexibility index (Phi) is 1.75. The van der Waals surface area contributed by atoms with Gasteiger partial charge in [0.05, 0.1) is 7.11 Å². The van der Waals surface area contributed by atoms with Crippen molar-refractivity contribution in [3.05, 3.63) is 23.5 Å². The second kappa shape index (κ2) is 2.77. The van der Waals surface area contributed by atoms with E-state index in [0.717, 1.165) is 30.6 Å². The first-order chi connectivity index (χ1) is 5.81. The number of hydrogen-bond donors (Lipinski definition) is 0. The quantitative estimate of drug-likeness (QED) is 0.591. The molecule has 0 saturated heterocycles. The van der Waals surface area contributed by atoms with Gasteiger partial charge in [0.25, 0.3) is 0 Å². The Bertz CT molecular complexity index is 274. The lowest BCUT2D eigenvalue weighted by molar-refractivity contribution is -0.114. The summed E-state index contributed by atoms with van der Waals surface area (Å²) in [6.07, 6.45) is 6.68. The molecule has 0 aliphatic heterocycles. The number of allylic oxidation sites excluding steroid dienone is 3. The van der Waals surface area contributed by atoms with Crippen molar-refractivity contribution >= 4 is 5.78 Å². The van der Waals surface area contributed by atoms with Crippen LogP contribution in [0, 0.1) is 5.92 Å². The molecular weight excluding hydrogens is 152 g/mol. The molecule has 0 aromatic heterocycles. The van der Waals surface area contributed by atoms with Crippen LogP contribution in [0.25, 0.3) is 0 Å². The fraction of sp³-hybridized carbons (Fsp3) is 0.500. The molecule has 1 unspecified atom stereocenters. The minimum atomic E-state index is 0.308. The van der Waals surface area contributed by atoms with Crippen molar-refractivity contribution in [3.8, 4) is 0 Å². The highest BCUT2D eigenvalue weighted by atomic mass is 16.5. The van der Waals surface area contributed by atoms with Crippen LogP contribution in [0.2, 0.25) is 0 Å². The average Bonchev–Trinajstić information content (AvgIpc) is 2.47. The second-order valence-electron chi connectivity index (χ2n) is 3.30. The van der Waals surface area contributed by atoms with Gasteiger partial charge in [0.15, 0.2) is 5.78 Å². The van der Waals surface area contributed by atoms with Gasteiger partial charge in [-0.3, -0.25) is 4.79 Å². The van der Waals surface area contributed by atoms with E-state index in [1.807, 2.05) is 6.08 Å². The van der Waals surface area contributed by atoms with E-state index in [4.69, 9.17) is 4.74 Å². The van der Waals surface area contributed by atoms with Crippen molar-refractivity contribution in [2.24, 2.45) is 5.92 Å². The average molecular weight is 164 g/mol. The van der Waals surface area contributed by atoms with Gasteiger partial charge in [-0.15, -0.1) is 0 Å². The maximum Gasteiger partial charge on any atom is 0.159 e. The summed E-state index contributed by atoms with van der Waals surface area (Å²) in [6, 6.07) is 0. The highest BCUT2D eigenvalue weighted by Gasteiger charge is 2.29. The predicted octanol–water partition coefficient (Wildman–Crippen LogP) is 1.83. The molecule has 2 aliphatic rings. The highest BCUT2D eigenvalue weighted by molar-refractivity contribution is 5.98. The Morgan fingerprint density at radius 3 is 3.17 bits per heavy atom. The van der Waals surface area contributed by atoms with Crippen LogP contribution in [-0.4, -0.2) is 12.9 Å². The molecule has 0 bridgehead atoms. The number of carbonyl (C=O) groups is 1. The molecule has 0 radical (unpaired) electrons. The van der Waals surface area contributed by atoms with Crippen LogP contribution in [0.15, 0.2) is 23.5 Å². The van der Waals surface area contributed by atoms with E-state index in [9.17, 15) is 4.79 Å². The molecule has 0 N–H and O–H groups in total. The van der Waals surface area contributed by atoms with Crippen LogP contribution in [0.4, 0.5) is 0 Å². The molecule has 1 saturated carbocycles. The van der Waals surface area contributed by atoms with E-state index in [1.54, 1.807) is 7.11 Å². The monoisotopic (exact) mass is 164 g/mol. The van der Waals surface area contributed by atoms with E-state index < -0.39 is 0 Å². The molecule has 0 amide bonds. The molecule has 0 heterocycles. The van der Waals surface area contributed by atoms with Gasteiger partial charge in [-0.1, -0.05) is 0 Å². The van der Waals surface area contributed by atoms with Gasteiger partial charge in [0.1, 0.15) is 5.76 Å². The van der Waals surface area contributed by atoms with E-state index in [-0.39, 0.29) is 0 Å². The summed E-state index contributed by atoms with van der Waals surface area (Å²) in [6.45, 7) is 0. The summed E-state index contributed by atoms with van der Waals surface area (Å²) in [5, 5.41) is 0. The zero-order valence-electron chi connectivity index (χ0n) is 7.17. The number of rotatable bonds is 1. The van der Waals surface area contributed by atoms with Crippen molar-refractivity contribution in [1.82, 2.24) is 0 Å². The van der Waals surface area contributed by atoms with Gasteiger partial charge in [0, 0.05) is 12.0 Å². The number of ketones is 1.